The quantitative estimate of drug-likeness (QED) is 0.558. The Morgan fingerprint density at radius 2 is 1.77 bits per heavy atom. The van der Waals surface area contributed by atoms with Crippen molar-refractivity contribution >= 4 is 15.9 Å². The molecule has 1 fully saturated rings. The van der Waals surface area contributed by atoms with Crippen molar-refractivity contribution in [1.29, 1.82) is 0 Å². The van der Waals surface area contributed by atoms with Crippen LogP contribution in [0.2, 0.25) is 0 Å². The molecule has 1 atom stereocenters. The molecule has 0 spiro atoms. The van der Waals surface area contributed by atoms with E-state index < -0.39 is 38.6 Å². The summed E-state index contributed by atoms with van der Waals surface area (Å²) in [6.07, 6.45) is -3.20. The van der Waals surface area contributed by atoms with Crippen molar-refractivity contribution in [2.24, 2.45) is 0 Å². The fraction of sp³-hybridized carbons (Fsp3) is 0.632. The van der Waals surface area contributed by atoms with E-state index >= 15 is 0 Å². The number of unbranched alkanes of at least 4 members (excludes halogenated alkanes) is 1. The Morgan fingerprint density at radius 3 is 2.40 bits per heavy atom. The van der Waals surface area contributed by atoms with Gasteiger partial charge in [0.1, 0.15) is 0 Å². The van der Waals surface area contributed by atoms with Crippen LogP contribution < -0.4 is 10.0 Å². The van der Waals surface area contributed by atoms with Crippen molar-refractivity contribution < 1.29 is 26.4 Å². The third-order valence-electron chi connectivity index (χ3n) is 5.00. The van der Waals surface area contributed by atoms with Crippen LogP contribution in [0.5, 0.6) is 0 Å². The lowest BCUT2D eigenvalue weighted by molar-refractivity contribution is -0.139. The van der Waals surface area contributed by atoms with Gasteiger partial charge in [-0.2, -0.15) is 17.9 Å². The van der Waals surface area contributed by atoms with Gasteiger partial charge in [0.15, 0.2) is 0 Å². The molecule has 0 bridgehead atoms. The molecule has 170 valence electrons. The molecule has 1 aliphatic heterocycles. The Labute approximate surface area is 175 Å². The predicted octanol–water partition coefficient (Wildman–Crippen LogP) is 1.52. The summed E-state index contributed by atoms with van der Waals surface area (Å²) in [5.41, 5.74) is -1.27. The van der Waals surface area contributed by atoms with E-state index in [2.05, 4.69) is 22.2 Å². The first-order valence-electron chi connectivity index (χ1n) is 9.88. The molecule has 7 nitrogen and oxygen atoms in total. The number of nitrogens with zero attached hydrogens (tertiary/aromatic N) is 2. The van der Waals surface area contributed by atoms with Gasteiger partial charge in [-0.15, -0.1) is 0 Å². The van der Waals surface area contributed by atoms with Gasteiger partial charge in [0.25, 0.3) is 0 Å². The van der Waals surface area contributed by atoms with Gasteiger partial charge in [-0.05, 0) is 45.5 Å². The Morgan fingerprint density at radius 1 is 1.13 bits per heavy atom. The molecule has 1 aromatic rings. The summed E-state index contributed by atoms with van der Waals surface area (Å²) >= 11 is 0. The number of likely N-dealkylation sites (N-methyl/N-ethyl adjacent to an activating group) is 1. The number of sulfonamides is 1. The Hall–Kier alpha value is -1.69. The van der Waals surface area contributed by atoms with Crippen LogP contribution >= 0.6 is 0 Å². The Kier molecular flexibility index (Phi) is 8.65. The van der Waals surface area contributed by atoms with Crippen molar-refractivity contribution in [2.45, 2.75) is 36.9 Å². The summed E-state index contributed by atoms with van der Waals surface area (Å²) in [5, 5.41) is 2.63. The largest absolute Gasteiger partial charge is 0.417 e. The second kappa shape index (κ2) is 10.6. The number of carbonyl (C=O) groups is 1. The van der Waals surface area contributed by atoms with E-state index in [0.29, 0.717) is 12.6 Å². The third-order valence-corrected chi connectivity index (χ3v) is 6.60. The molecule has 1 saturated heterocycles. The highest BCUT2D eigenvalue weighted by Gasteiger charge is 2.37. The normalized spacial score (nSPS) is 17.6. The maximum atomic E-state index is 13.1. The minimum Gasteiger partial charge on any atom is -0.355 e. The summed E-state index contributed by atoms with van der Waals surface area (Å²) in [7, 11) is -2.43. The molecule has 0 unspecified atom stereocenters. The Balaban J connectivity index is 1.80. The van der Waals surface area contributed by atoms with Crippen LogP contribution in [0.15, 0.2) is 29.2 Å². The summed E-state index contributed by atoms with van der Waals surface area (Å²) < 4.78 is 66.1. The van der Waals surface area contributed by atoms with E-state index in [1.165, 1.54) is 13.0 Å². The third kappa shape index (κ3) is 7.22. The van der Waals surface area contributed by atoms with Gasteiger partial charge < -0.3 is 15.1 Å². The highest BCUT2D eigenvalue weighted by Crippen LogP contribution is 2.33. The van der Waals surface area contributed by atoms with Crippen LogP contribution in [0, 0.1) is 0 Å². The predicted molar refractivity (Wildman–Crippen MR) is 107 cm³/mol. The lowest BCUT2D eigenvalue weighted by Crippen LogP contribution is -2.45. The van der Waals surface area contributed by atoms with Crippen LogP contribution in [0.3, 0.4) is 0 Å². The van der Waals surface area contributed by atoms with Gasteiger partial charge >= 0.3 is 6.18 Å². The van der Waals surface area contributed by atoms with Gasteiger partial charge in [-0.25, -0.2) is 8.42 Å². The van der Waals surface area contributed by atoms with E-state index in [4.69, 9.17) is 0 Å². The maximum Gasteiger partial charge on any atom is 0.417 e. The zero-order valence-corrected chi connectivity index (χ0v) is 18.0. The molecule has 1 heterocycles. The first kappa shape index (κ1) is 24.6. The molecule has 2 rings (SSSR count). The number of benzene rings is 1. The number of amides is 1. The summed E-state index contributed by atoms with van der Waals surface area (Å²) in [6.45, 7) is 6.70. The lowest BCUT2D eigenvalue weighted by atomic mass is 10.2. The second-order valence-electron chi connectivity index (χ2n) is 7.48. The van der Waals surface area contributed by atoms with Crippen LogP contribution in [0.25, 0.3) is 0 Å². The van der Waals surface area contributed by atoms with Crippen molar-refractivity contribution in [3.05, 3.63) is 29.8 Å². The molecule has 1 aromatic carbocycles. The standard InChI is InChI=1S/C19H29F3N4O3S/c1-15(18(27)23-9-5-6-10-26-13-11-25(2)12-14-26)24-30(28,29)17-8-4-3-7-16(17)19(20,21)22/h3-4,7-8,15,24H,5-6,9-14H2,1-2H3,(H,23,27)/t15-/m0/s1. The molecule has 0 aromatic heterocycles. The summed E-state index contributed by atoms with van der Waals surface area (Å²) in [4.78, 5) is 15.9. The lowest BCUT2D eigenvalue weighted by Gasteiger charge is -2.32. The van der Waals surface area contributed by atoms with E-state index in [-0.39, 0.29) is 0 Å². The molecule has 30 heavy (non-hydrogen) atoms. The SMILES string of the molecule is C[C@H](NS(=O)(=O)c1ccccc1C(F)(F)F)C(=O)NCCCCN1CCN(C)CC1. The molecular weight excluding hydrogens is 421 g/mol. The molecule has 1 aliphatic rings. The van der Waals surface area contributed by atoms with Crippen LogP contribution in [0.1, 0.15) is 25.3 Å². The van der Waals surface area contributed by atoms with Crippen LogP contribution in [-0.4, -0.2) is 76.5 Å². The van der Waals surface area contributed by atoms with Gasteiger partial charge in [-0.1, -0.05) is 12.1 Å². The molecule has 0 saturated carbocycles. The first-order chi connectivity index (χ1) is 14.0. The van der Waals surface area contributed by atoms with Crippen molar-refractivity contribution in [3.63, 3.8) is 0 Å². The number of nitrogens with one attached hydrogen (secondary N) is 2. The van der Waals surface area contributed by atoms with E-state index in [1.54, 1.807) is 0 Å². The summed E-state index contributed by atoms with van der Waals surface area (Å²) in [6, 6.07) is 2.68. The van der Waals surface area contributed by atoms with Crippen LogP contribution in [-0.2, 0) is 21.0 Å². The molecule has 1 amide bonds. The minimum absolute atomic E-state index is 0.373. The molecule has 0 aliphatic carbocycles. The number of halogens is 3. The number of carbonyl (C=O) groups excluding carboxylic acids is 1. The van der Waals surface area contributed by atoms with Crippen molar-refractivity contribution in [2.75, 3.05) is 46.3 Å². The van der Waals surface area contributed by atoms with E-state index in [0.717, 1.165) is 57.7 Å². The molecule has 2 N–H and O–H groups in total. The number of hydrogen-bond acceptors (Lipinski definition) is 5. The second-order valence-corrected chi connectivity index (χ2v) is 9.16. The zero-order valence-electron chi connectivity index (χ0n) is 17.2. The van der Waals surface area contributed by atoms with Gasteiger partial charge in [0.2, 0.25) is 15.9 Å². The van der Waals surface area contributed by atoms with E-state index in [9.17, 15) is 26.4 Å². The number of rotatable bonds is 9. The number of alkyl halides is 3. The van der Waals surface area contributed by atoms with Gasteiger partial charge in [-0.3, -0.25) is 4.79 Å². The van der Waals surface area contributed by atoms with Gasteiger partial charge in [0, 0.05) is 32.7 Å². The average Bonchev–Trinajstić information content (AvgIpc) is 2.68. The molecular formula is C19H29F3N4O3S. The van der Waals surface area contributed by atoms with Gasteiger partial charge in [0.05, 0.1) is 16.5 Å². The van der Waals surface area contributed by atoms with Crippen molar-refractivity contribution in [1.82, 2.24) is 19.8 Å². The smallest absolute Gasteiger partial charge is 0.355 e. The van der Waals surface area contributed by atoms with Crippen molar-refractivity contribution in [3.8, 4) is 0 Å². The molecule has 0 radical (unpaired) electrons. The highest BCUT2D eigenvalue weighted by molar-refractivity contribution is 7.89. The fourth-order valence-corrected chi connectivity index (χ4v) is 4.61. The minimum atomic E-state index is -4.82. The van der Waals surface area contributed by atoms with Crippen LogP contribution in [0.4, 0.5) is 13.2 Å². The average molecular weight is 451 g/mol. The highest BCUT2D eigenvalue weighted by atomic mass is 32.2. The zero-order chi connectivity index (χ0) is 22.4. The topological polar surface area (TPSA) is 81.7 Å². The first-order valence-corrected chi connectivity index (χ1v) is 11.4. The number of piperazine rings is 1. The molecule has 11 heteroatoms. The Bertz CT molecular complexity index is 809. The van der Waals surface area contributed by atoms with E-state index in [1.807, 2.05) is 4.72 Å². The fourth-order valence-electron chi connectivity index (χ4n) is 3.18. The monoisotopic (exact) mass is 450 g/mol. The number of hydrogen-bond donors (Lipinski definition) is 2. The summed E-state index contributed by atoms with van der Waals surface area (Å²) in [5.74, 6) is -0.581. The maximum absolute atomic E-state index is 13.1.